The first-order valence-electron chi connectivity index (χ1n) is 8.21. The second-order valence-electron chi connectivity index (χ2n) is 6.04. The molecule has 0 saturated heterocycles. The number of amides is 2. The number of benzene rings is 2. The van der Waals surface area contributed by atoms with Crippen molar-refractivity contribution in [1.29, 1.82) is 0 Å². The van der Waals surface area contributed by atoms with Gasteiger partial charge in [-0.25, -0.2) is 0 Å². The monoisotopic (exact) mass is 449 g/mol. The molecule has 0 fully saturated rings. The van der Waals surface area contributed by atoms with E-state index in [1.54, 1.807) is 30.3 Å². The minimum atomic E-state index is -0.408. The van der Waals surface area contributed by atoms with Crippen LogP contribution in [0.1, 0.15) is 40.1 Å². The fraction of sp³-hybridized carbons (Fsp3) is 0.211. The fourth-order valence-electron chi connectivity index (χ4n) is 2.09. The molecule has 0 unspecified atom stereocenters. The molecule has 0 aliphatic heterocycles. The first-order chi connectivity index (χ1) is 12.8. The number of ether oxygens (including phenoxy) is 1. The molecular formula is C19H20BrN3O3S. The molecule has 142 valence electrons. The fourth-order valence-corrected chi connectivity index (χ4v) is 2.70. The van der Waals surface area contributed by atoms with Crippen LogP contribution in [0.5, 0.6) is 5.75 Å². The van der Waals surface area contributed by atoms with Crippen molar-refractivity contribution in [3.05, 3.63) is 63.6 Å². The number of thiocarbonyl (C=S) groups is 1. The topological polar surface area (TPSA) is 79.5 Å². The van der Waals surface area contributed by atoms with Crippen molar-refractivity contribution in [3.8, 4) is 5.75 Å². The van der Waals surface area contributed by atoms with Crippen molar-refractivity contribution in [2.45, 2.75) is 26.9 Å². The molecular weight excluding hydrogens is 430 g/mol. The van der Waals surface area contributed by atoms with Gasteiger partial charge < -0.3 is 4.74 Å². The van der Waals surface area contributed by atoms with E-state index in [-0.39, 0.29) is 17.1 Å². The molecule has 0 saturated carbocycles. The van der Waals surface area contributed by atoms with Gasteiger partial charge in [0.15, 0.2) is 5.11 Å². The molecule has 27 heavy (non-hydrogen) atoms. The summed E-state index contributed by atoms with van der Waals surface area (Å²) in [7, 11) is 0. The molecule has 0 aliphatic rings. The molecule has 0 aromatic heterocycles. The number of hydrogen-bond acceptors (Lipinski definition) is 4. The number of halogens is 1. The molecule has 0 atom stereocenters. The number of nitrogens with one attached hydrogen (secondary N) is 3. The maximum Gasteiger partial charge on any atom is 0.269 e. The summed E-state index contributed by atoms with van der Waals surface area (Å²) in [5, 5.41) is 2.49. The van der Waals surface area contributed by atoms with Crippen LogP contribution in [0.3, 0.4) is 0 Å². The highest BCUT2D eigenvalue weighted by molar-refractivity contribution is 9.10. The average molecular weight is 450 g/mol. The largest absolute Gasteiger partial charge is 0.490 e. The predicted octanol–water partition coefficient (Wildman–Crippen LogP) is 3.49. The van der Waals surface area contributed by atoms with Gasteiger partial charge in [-0.3, -0.25) is 25.8 Å². The Balaban J connectivity index is 1.89. The summed E-state index contributed by atoms with van der Waals surface area (Å²) in [6, 6.07) is 12.0. The van der Waals surface area contributed by atoms with E-state index in [1.165, 1.54) is 0 Å². The lowest BCUT2D eigenvalue weighted by molar-refractivity contribution is 0.0934. The zero-order valence-corrected chi connectivity index (χ0v) is 17.5. The minimum Gasteiger partial charge on any atom is -0.490 e. The van der Waals surface area contributed by atoms with Crippen LogP contribution in [0, 0.1) is 6.92 Å². The predicted molar refractivity (Wildman–Crippen MR) is 112 cm³/mol. The van der Waals surface area contributed by atoms with Gasteiger partial charge in [0.2, 0.25) is 0 Å². The summed E-state index contributed by atoms with van der Waals surface area (Å²) in [5.41, 5.74) is 6.88. The van der Waals surface area contributed by atoms with Crippen LogP contribution in [0.2, 0.25) is 0 Å². The van der Waals surface area contributed by atoms with E-state index < -0.39 is 5.91 Å². The van der Waals surface area contributed by atoms with E-state index in [0.717, 1.165) is 5.56 Å². The second kappa shape index (κ2) is 9.48. The Morgan fingerprint density at radius 1 is 1.00 bits per heavy atom. The third kappa shape index (κ3) is 6.33. The molecule has 6 nitrogen and oxygen atoms in total. The summed E-state index contributed by atoms with van der Waals surface area (Å²) in [6.07, 6.45) is 0.0231. The Morgan fingerprint density at radius 2 is 1.63 bits per heavy atom. The van der Waals surface area contributed by atoms with Crippen LogP contribution in [0.25, 0.3) is 0 Å². The van der Waals surface area contributed by atoms with Gasteiger partial charge in [-0.1, -0.05) is 17.7 Å². The van der Waals surface area contributed by atoms with E-state index in [9.17, 15) is 9.59 Å². The average Bonchev–Trinajstić information content (AvgIpc) is 2.61. The van der Waals surface area contributed by atoms with Crippen molar-refractivity contribution >= 4 is 45.1 Å². The zero-order chi connectivity index (χ0) is 20.0. The minimum absolute atomic E-state index is 0.0147. The van der Waals surface area contributed by atoms with Gasteiger partial charge in [-0.05, 0) is 79.3 Å². The van der Waals surface area contributed by atoms with Gasteiger partial charge in [-0.2, -0.15) is 0 Å². The van der Waals surface area contributed by atoms with Crippen molar-refractivity contribution in [2.75, 3.05) is 0 Å². The van der Waals surface area contributed by atoms with Gasteiger partial charge in [0.1, 0.15) is 5.75 Å². The van der Waals surface area contributed by atoms with Gasteiger partial charge in [0, 0.05) is 11.1 Å². The van der Waals surface area contributed by atoms with E-state index in [1.807, 2.05) is 32.9 Å². The summed E-state index contributed by atoms with van der Waals surface area (Å²) in [4.78, 5) is 24.3. The third-order valence-electron chi connectivity index (χ3n) is 3.39. The molecule has 0 heterocycles. The lowest BCUT2D eigenvalue weighted by atomic mass is 10.1. The van der Waals surface area contributed by atoms with Crippen molar-refractivity contribution in [3.63, 3.8) is 0 Å². The van der Waals surface area contributed by atoms with E-state index >= 15 is 0 Å². The van der Waals surface area contributed by atoms with Crippen molar-refractivity contribution in [1.82, 2.24) is 16.2 Å². The molecule has 2 aromatic carbocycles. The van der Waals surface area contributed by atoms with Gasteiger partial charge in [-0.15, -0.1) is 0 Å². The summed E-state index contributed by atoms with van der Waals surface area (Å²) < 4.78 is 6.27. The lowest BCUT2D eigenvalue weighted by Gasteiger charge is -2.13. The first kappa shape index (κ1) is 20.9. The number of hydrazine groups is 1. The van der Waals surface area contributed by atoms with Gasteiger partial charge in [0.05, 0.1) is 10.6 Å². The van der Waals surface area contributed by atoms with Crippen LogP contribution in [-0.2, 0) is 0 Å². The first-order valence-corrected chi connectivity index (χ1v) is 9.41. The highest BCUT2D eigenvalue weighted by Crippen LogP contribution is 2.26. The number of rotatable bonds is 4. The van der Waals surface area contributed by atoms with Crippen LogP contribution in [0.4, 0.5) is 0 Å². The highest BCUT2D eigenvalue weighted by atomic mass is 79.9. The summed E-state index contributed by atoms with van der Waals surface area (Å²) in [5.74, 6) is -0.119. The van der Waals surface area contributed by atoms with Crippen molar-refractivity contribution in [2.24, 2.45) is 0 Å². The Kier molecular flexibility index (Phi) is 7.32. The number of carbonyl (C=O) groups excluding carboxylic acids is 2. The van der Waals surface area contributed by atoms with E-state index in [2.05, 4.69) is 32.1 Å². The molecule has 2 amide bonds. The maximum atomic E-state index is 12.3. The molecule has 0 spiro atoms. The smallest absolute Gasteiger partial charge is 0.269 e. The normalized spacial score (nSPS) is 10.3. The Bertz CT molecular complexity index is 854. The zero-order valence-electron chi connectivity index (χ0n) is 15.1. The quantitative estimate of drug-likeness (QED) is 0.491. The summed E-state index contributed by atoms with van der Waals surface area (Å²) in [6.45, 7) is 5.77. The molecule has 3 N–H and O–H groups in total. The second-order valence-corrected chi connectivity index (χ2v) is 7.30. The van der Waals surface area contributed by atoms with Gasteiger partial charge >= 0.3 is 0 Å². The van der Waals surface area contributed by atoms with Crippen LogP contribution in [0.15, 0.2) is 46.9 Å². The molecule has 2 rings (SSSR count). The third-order valence-corrected chi connectivity index (χ3v) is 4.21. The molecule has 2 aromatic rings. The summed E-state index contributed by atoms with van der Waals surface area (Å²) >= 11 is 8.42. The number of hydrogen-bond donors (Lipinski definition) is 3. The highest BCUT2D eigenvalue weighted by Gasteiger charge is 2.12. The van der Waals surface area contributed by atoms with E-state index in [0.29, 0.717) is 21.3 Å². The standard InChI is InChI=1S/C19H20BrN3O3S/c1-11(2)26-16-9-8-14(10-15(16)20)17(24)21-19(27)23-22-18(25)13-6-4-12(3)5-7-13/h4-11H,1-3H3,(H,22,25)(H2,21,23,24,27). The molecule has 0 aliphatic carbocycles. The van der Waals surface area contributed by atoms with Crippen LogP contribution < -0.4 is 20.9 Å². The van der Waals surface area contributed by atoms with Crippen molar-refractivity contribution < 1.29 is 14.3 Å². The van der Waals surface area contributed by atoms with Crippen LogP contribution in [-0.4, -0.2) is 23.0 Å². The lowest BCUT2D eigenvalue weighted by Crippen LogP contribution is -2.48. The number of aryl methyl sites for hydroxylation is 1. The van der Waals surface area contributed by atoms with Gasteiger partial charge in [0.25, 0.3) is 11.8 Å². The number of carbonyl (C=O) groups is 2. The molecule has 0 radical (unpaired) electrons. The molecule has 0 bridgehead atoms. The Hall–Kier alpha value is -2.45. The Labute approximate surface area is 171 Å². The SMILES string of the molecule is Cc1ccc(C(=O)NNC(=S)NC(=O)c2ccc(OC(C)C)c(Br)c2)cc1. The van der Waals surface area contributed by atoms with Crippen LogP contribution >= 0.6 is 28.1 Å². The molecule has 8 heteroatoms. The Morgan fingerprint density at radius 3 is 2.22 bits per heavy atom. The van der Waals surface area contributed by atoms with E-state index in [4.69, 9.17) is 17.0 Å². The maximum absolute atomic E-state index is 12.3.